The number of hydrogen-bond acceptors (Lipinski definition) is 0. The maximum atomic E-state index is 2.33. The minimum absolute atomic E-state index is 0. The largest absolute Gasteiger partial charge is 1.00 e. The van der Waals surface area contributed by atoms with E-state index in [0.717, 1.165) is 0 Å². The summed E-state index contributed by atoms with van der Waals surface area (Å²) in [6.45, 7) is 2.26. The van der Waals surface area contributed by atoms with Crippen LogP contribution in [0.15, 0.2) is 28.1 Å². The molecule has 3 heteroatoms. The second-order valence-corrected chi connectivity index (χ2v) is 4.47. The van der Waals surface area contributed by atoms with Gasteiger partial charge in [-0.05, 0) is 0 Å². The molecule has 0 spiro atoms. The summed E-state index contributed by atoms with van der Waals surface area (Å²) in [6, 6.07) is 8.75. The van der Waals surface area contributed by atoms with E-state index in [1.54, 1.807) is 0 Å². The third-order valence-electron chi connectivity index (χ3n) is 2.64. The number of benzene rings is 1. The Labute approximate surface area is 124 Å². The molecule has 15 heavy (non-hydrogen) atoms. The maximum Gasteiger partial charge on any atom is -1.00 e. The van der Waals surface area contributed by atoms with E-state index in [2.05, 4.69) is 57.7 Å². The molecule has 0 aromatic heterocycles. The second kappa shape index (κ2) is 7.06. The molecule has 1 atom stereocenters. The van der Waals surface area contributed by atoms with Gasteiger partial charge in [0.2, 0.25) is 0 Å². The number of fused-ring (bicyclic) bond motifs is 1. The molecule has 1 aromatic carbocycles. The summed E-state index contributed by atoms with van der Waals surface area (Å²) in [7, 11) is 0. The van der Waals surface area contributed by atoms with Gasteiger partial charge in [0.05, 0.1) is 0 Å². The van der Waals surface area contributed by atoms with Crippen LogP contribution in [-0.4, -0.2) is 0 Å². The van der Waals surface area contributed by atoms with E-state index in [9.17, 15) is 0 Å². The minimum atomic E-state index is 0. The van der Waals surface area contributed by atoms with E-state index in [1.807, 2.05) is 0 Å². The molecule has 0 bridgehead atoms. The number of hydrogen-bond donors (Lipinski definition) is 0. The zero-order valence-electron chi connectivity index (χ0n) is 8.63. The van der Waals surface area contributed by atoms with Crippen molar-refractivity contribution >= 4 is 6.08 Å². The van der Waals surface area contributed by atoms with E-state index in [1.165, 1.54) is 27.8 Å². The Morgan fingerprint density at radius 3 is 2.53 bits per heavy atom. The maximum absolute atomic E-state index is 2.33. The molecule has 79 valence electrons. The Hall–Kier alpha value is 0.634. The Morgan fingerprint density at radius 1 is 1.20 bits per heavy atom. The van der Waals surface area contributed by atoms with Crippen molar-refractivity contribution in [2.75, 3.05) is 0 Å². The van der Waals surface area contributed by atoms with Crippen LogP contribution in [-0.2, 0) is 20.4 Å². The molecule has 0 amide bonds. The molecular formula is C12H13Br2Ti. The topological polar surface area (TPSA) is 0 Å². The third kappa shape index (κ3) is 3.29. The summed E-state index contributed by atoms with van der Waals surface area (Å²) in [5.74, 6) is 0.696. The van der Waals surface area contributed by atoms with Gasteiger partial charge in [0.1, 0.15) is 0 Å². The summed E-state index contributed by atoms with van der Waals surface area (Å²) < 4.78 is 1.53. The zero-order valence-corrected chi connectivity index (χ0v) is 13.4. The Morgan fingerprint density at radius 2 is 1.87 bits per heavy atom. The third-order valence-corrected chi connectivity index (χ3v) is 3.40. The smallest absolute Gasteiger partial charge is 1.00 e. The van der Waals surface area contributed by atoms with Gasteiger partial charge in [-0.2, -0.15) is 0 Å². The number of allylic oxidation sites excluding steroid dienone is 1. The molecule has 0 radical (unpaired) electrons. The fourth-order valence-electron chi connectivity index (χ4n) is 2.00. The first-order chi connectivity index (χ1) is 6.33. The van der Waals surface area contributed by atoms with Gasteiger partial charge in [0, 0.05) is 0 Å². The zero-order chi connectivity index (χ0) is 9.26. The predicted molar refractivity (Wildman–Crippen MR) is 52.1 cm³/mol. The fraction of sp³-hybridized carbons (Fsp3) is 0.333. The van der Waals surface area contributed by atoms with E-state index in [4.69, 9.17) is 0 Å². The van der Waals surface area contributed by atoms with Crippen LogP contribution in [0.1, 0.15) is 36.8 Å². The standard InChI is InChI=1S/C12H13.2BrH.Ti/c1-2-5-10-8-9-11-6-3-4-7-12(10)11;;;/h3-4,6-7,9-10H,2,5H2,1H3;2*1H;/q;;;+2/p-2. The molecule has 0 saturated carbocycles. The van der Waals surface area contributed by atoms with Crippen molar-refractivity contribution in [2.45, 2.75) is 25.7 Å². The van der Waals surface area contributed by atoms with Crippen LogP contribution in [0.2, 0.25) is 0 Å². The Bertz CT molecular complexity index is 347. The van der Waals surface area contributed by atoms with E-state index >= 15 is 0 Å². The first kappa shape index (κ1) is 15.6. The van der Waals surface area contributed by atoms with Crippen LogP contribution in [0.4, 0.5) is 0 Å². The number of rotatable bonds is 2. The van der Waals surface area contributed by atoms with Crippen molar-refractivity contribution in [2.24, 2.45) is 0 Å². The Balaban J connectivity index is 0.000000980. The molecule has 0 N–H and O–H groups in total. The van der Waals surface area contributed by atoms with E-state index in [-0.39, 0.29) is 34.0 Å². The molecule has 0 nitrogen and oxygen atoms in total. The van der Waals surface area contributed by atoms with Crippen molar-refractivity contribution in [3.05, 3.63) is 39.3 Å². The summed E-state index contributed by atoms with van der Waals surface area (Å²) in [6.07, 6.45) is 4.89. The van der Waals surface area contributed by atoms with Gasteiger partial charge in [-0.15, -0.1) is 0 Å². The van der Waals surface area contributed by atoms with Crippen molar-refractivity contribution in [3.8, 4) is 0 Å². The molecule has 0 fully saturated rings. The van der Waals surface area contributed by atoms with Crippen molar-refractivity contribution < 1.29 is 54.4 Å². The van der Waals surface area contributed by atoms with Crippen molar-refractivity contribution in [1.29, 1.82) is 0 Å². The van der Waals surface area contributed by atoms with Gasteiger partial charge in [-0.25, -0.2) is 0 Å². The normalized spacial score (nSPS) is 17.3. The van der Waals surface area contributed by atoms with Crippen LogP contribution in [0.5, 0.6) is 0 Å². The monoisotopic (exact) mass is 363 g/mol. The quantitative estimate of drug-likeness (QED) is 0.508. The molecule has 1 aliphatic rings. The molecule has 2 rings (SSSR count). The van der Waals surface area contributed by atoms with Crippen LogP contribution in [0.3, 0.4) is 0 Å². The molecule has 1 aliphatic carbocycles. The van der Waals surface area contributed by atoms with E-state index < -0.39 is 0 Å². The van der Waals surface area contributed by atoms with Crippen molar-refractivity contribution in [3.63, 3.8) is 0 Å². The van der Waals surface area contributed by atoms with Crippen LogP contribution >= 0.6 is 0 Å². The molecule has 0 saturated heterocycles. The first-order valence-corrected chi connectivity index (χ1v) is 5.63. The van der Waals surface area contributed by atoms with Crippen LogP contribution in [0, 0.1) is 0 Å². The van der Waals surface area contributed by atoms with Gasteiger partial charge in [-0.3, -0.25) is 0 Å². The molecule has 0 aliphatic heterocycles. The van der Waals surface area contributed by atoms with Crippen molar-refractivity contribution in [1.82, 2.24) is 0 Å². The van der Waals surface area contributed by atoms with Gasteiger partial charge in [0.25, 0.3) is 0 Å². The fourth-order valence-corrected chi connectivity index (χ4v) is 2.71. The molecule has 1 aromatic rings. The predicted octanol–water partition coefficient (Wildman–Crippen LogP) is -2.52. The summed E-state index contributed by atoms with van der Waals surface area (Å²) in [5, 5.41) is 0. The summed E-state index contributed by atoms with van der Waals surface area (Å²) in [5.41, 5.74) is 2.96. The van der Waals surface area contributed by atoms with Crippen LogP contribution < -0.4 is 34.0 Å². The molecular weight excluding hydrogens is 352 g/mol. The average molecular weight is 365 g/mol. The molecule has 0 heterocycles. The van der Waals surface area contributed by atoms with Crippen LogP contribution in [0.25, 0.3) is 6.08 Å². The first-order valence-electron chi connectivity index (χ1n) is 4.85. The van der Waals surface area contributed by atoms with Gasteiger partial charge >= 0.3 is 91.5 Å². The van der Waals surface area contributed by atoms with Gasteiger partial charge in [0.15, 0.2) is 0 Å². The summed E-state index contributed by atoms with van der Waals surface area (Å²) >= 11 is 2.25. The molecule has 1 unspecified atom stereocenters. The summed E-state index contributed by atoms with van der Waals surface area (Å²) in [4.78, 5) is 0. The Kier molecular flexibility index (Phi) is 7.36. The second-order valence-electron chi connectivity index (χ2n) is 3.57. The van der Waals surface area contributed by atoms with Gasteiger partial charge in [-0.1, -0.05) is 0 Å². The van der Waals surface area contributed by atoms with Gasteiger partial charge < -0.3 is 34.0 Å². The SMILES string of the molecule is CCCC1[C]([Ti+2])=Cc2ccccc21.[Br-].[Br-]. The van der Waals surface area contributed by atoms with E-state index in [0.29, 0.717) is 5.92 Å². The number of halogens is 2. The minimum Gasteiger partial charge on any atom is -1.00 e. The average Bonchev–Trinajstić information content (AvgIpc) is 2.44.